The Morgan fingerprint density at radius 3 is 2.65 bits per heavy atom. The molecule has 5 heterocycles. The molecule has 11 nitrogen and oxygen atoms in total. The number of likely N-dealkylation sites (tertiary alicyclic amines) is 1. The van der Waals surface area contributed by atoms with Crippen molar-refractivity contribution in [3.8, 4) is 11.3 Å². The maximum absolute atomic E-state index is 14.5. The number of nitrogens with two attached hydrogens (primary N) is 2. The number of aromatic nitrogens is 6. The number of imidazole rings is 1. The van der Waals surface area contributed by atoms with Crippen LogP contribution in [0.2, 0.25) is 0 Å². The molecule has 198 valence electrons. The molecule has 1 saturated heterocycles. The highest BCUT2D eigenvalue weighted by atomic mass is 19.3. The number of piperidine rings is 1. The van der Waals surface area contributed by atoms with E-state index in [9.17, 15) is 22.4 Å². The number of nitrogens with zero attached hydrogens (tertiary/aromatic N) is 7. The Labute approximate surface area is 207 Å². The van der Waals surface area contributed by atoms with Crippen molar-refractivity contribution in [1.29, 1.82) is 0 Å². The van der Waals surface area contributed by atoms with Crippen LogP contribution in [0.4, 0.5) is 29.3 Å². The molecule has 37 heavy (non-hydrogen) atoms. The van der Waals surface area contributed by atoms with Gasteiger partial charge < -0.3 is 26.0 Å². The van der Waals surface area contributed by atoms with Crippen LogP contribution < -0.4 is 11.5 Å². The second-order valence-electron chi connectivity index (χ2n) is 8.47. The number of nitrogen functional groups attached to an aromatic ring is 2. The molecule has 4 aromatic heterocycles. The molecule has 0 unspecified atom stereocenters. The van der Waals surface area contributed by atoms with E-state index in [4.69, 9.17) is 16.6 Å². The highest BCUT2D eigenvalue weighted by Gasteiger charge is 2.36. The molecule has 5 rings (SSSR count). The standard InChI is InChI=1S/C15H14F2N8.C7H11F2NO2/c1-7-20-10-3-2-9(21-14(10)24(7)5-4-16)11-8(17)6-25-12(11)13(18)22-15(19)23-25;8-7(9)2-1-3-10(5-7)6(12)4-11/h2-3,6H,4-5H2,1H3,(H4,18,19,22,23);11H,1-5H2. The van der Waals surface area contributed by atoms with Gasteiger partial charge in [-0.15, -0.1) is 5.10 Å². The quantitative estimate of drug-likeness (QED) is 0.343. The number of alkyl halides is 3. The van der Waals surface area contributed by atoms with Crippen molar-refractivity contribution in [1.82, 2.24) is 34.0 Å². The van der Waals surface area contributed by atoms with E-state index in [0.717, 1.165) is 11.1 Å². The molecule has 0 aliphatic carbocycles. The predicted octanol–water partition coefficient (Wildman–Crippen LogP) is 1.96. The Balaban J connectivity index is 0.000000225. The number of fused-ring (bicyclic) bond motifs is 2. The fraction of sp³-hybridized carbons (Fsp3) is 0.409. The number of aliphatic hydroxyl groups is 1. The minimum Gasteiger partial charge on any atom is -0.387 e. The van der Waals surface area contributed by atoms with Gasteiger partial charge in [0.25, 0.3) is 5.92 Å². The number of anilines is 2. The first-order valence-corrected chi connectivity index (χ1v) is 11.3. The zero-order chi connectivity index (χ0) is 26.9. The summed E-state index contributed by atoms with van der Waals surface area (Å²) in [7, 11) is 0. The summed E-state index contributed by atoms with van der Waals surface area (Å²) in [6.07, 6.45) is 1.30. The molecule has 0 aromatic carbocycles. The third-order valence-electron chi connectivity index (χ3n) is 5.86. The molecule has 1 fully saturated rings. The molecule has 0 radical (unpaired) electrons. The topological polar surface area (TPSA) is 153 Å². The summed E-state index contributed by atoms with van der Waals surface area (Å²) in [6.45, 7) is 0.429. The fourth-order valence-electron chi connectivity index (χ4n) is 4.23. The van der Waals surface area contributed by atoms with E-state index in [0.29, 0.717) is 35.6 Å². The number of amides is 1. The number of hydrogen-bond acceptors (Lipinski definition) is 8. The summed E-state index contributed by atoms with van der Waals surface area (Å²) in [4.78, 5) is 24.5. The smallest absolute Gasteiger partial charge is 0.265 e. The van der Waals surface area contributed by atoms with Crippen molar-refractivity contribution in [3.63, 3.8) is 0 Å². The molecule has 4 aromatic rings. The van der Waals surface area contributed by atoms with Gasteiger partial charge in [0, 0.05) is 13.0 Å². The van der Waals surface area contributed by atoms with Gasteiger partial charge in [0.2, 0.25) is 11.9 Å². The molecule has 1 amide bonds. The lowest BCUT2D eigenvalue weighted by Crippen LogP contribution is -2.46. The van der Waals surface area contributed by atoms with Crippen LogP contribution in [0.1, 0.15) is 18.7 Å². The van der Waals surface area contributed by atoms with E-state index in [1.54, 1.807) is 23.6 Å². The van der Waals surface area contributed by atoms with Gasteiger partial charge in [-0.3, -0.25) is 4.79 Å². The Morgan fingerprint density at radius 1 is 1.22 bits per heavy atom. The first-order chi connectivity index (χ1) is 17.5. The van der Waals surface area contributed by atoms with Gasteiger partial charge >= 0.3 is 0 Å². The van der Waals surface area contributed by atoms with E-state index in [2.05, 4.69) is 20.1 Å². The van der Waals surface area contributed by atoms with Crippen molar-refractivity contribution < 1.29 is 27.5 Å². The number of aryl methyl sites for hydroxylation is 2. The SMILES string of the molecule is Cc1nc2ccc(-c3c(F)cn4nc(N)nc(N)c34)nc2n1CCF.O=C(CO)N1CCCC(F)(F)C1. The highest BCUT2D eigenvalue weighted by molar-refractivity contribution is 5.89. The number of halogens is 4. The normalized spacial score (nSPS) is 15.1. The second kappa shape index (κ2) is 10.2. The molecule has 0 spiro atoms. The van der Waals surface area contributed by atoms with Gasteiger partial charge in [0.05, 0.1) is 30.5 Å². The Hall–Kier alpha value is -4.01. The average molecular weight is 523 g/mol. The van der Waals surface area contributed by atoms with E-state index in [1.165, 1.54) is 4.52 Å². The van der Waals surface area contributed by atoms with Gasteiger partial charge in [-0.2, -0.15) is 4.98 Å². The van der Waals surface area contributed by atoms with Crippen LogP contribution in [-0.2, 0) is 11.3 Å². The molecule has 0 bridgehead atoms. The van der Waals surface area contributed by atoms with E-state index in [-0.39, 0.29) is 35.8 Å². The predicted molar refractivity (Wildman–Crippen MR) is 127 cm³/mol. The average Bonchev–Trinajstić information content (AvgIpc) is 3.33. The van der Waals surface area contributed by atoms with Gasteiger partial charge in [-0.25, -0.2) is 32.0 Å². The lowest BCUT2D eigenvalue weighted by atomic mass is 10.1. The van der Waals surface area contributed by atoms with Gasteiger partial charge in [0.1, 0.15) is 30.1 Å². The molecule has 1 aliphatic heterocycles. The summed E-state index contributed by atoms with van der Waals surface area (Å²) < 4.78 is 55.6. The molecular weight excluding hydrogens is 498 g/mol. The van der Waals surface area contributed by atoms with Gasteiger partial charge in [0.15, 0.2) is 17.3 Å². The Kier molecular flexibility index (Phi) is 7.16. The van der Waals surface area contributed by atoms with Crippen LogP contribution in [0.25, 0.3) is 27.9 Å². The van der Waals surface area contributed by atoms with Gasteiger partial charge in [-0.1, -0.05) is 0 Å². The third kappa shape index (κ3) is 5.26. The van der Waals surface area contributed by atoms with Crippen molar-refractivity contribution >= 4 is 34.4 Å². The molecule has 15 heteroatoms. The van der Waals surface area contributed by atoms with Crippen LogP contribution in [0.3, 0.4) is 0 Å². The Bertz CT molecular complexity index is 1450. The number of rotatable bonds is 4. The Morgan fingerprint density at radius 2 is 1.97 bits per heavy atom. The lowest BCUT2D eigenvalue weighted by molar-refractivity contribution is -0.144. The van der Waals surface area contributed by atoms with Crippen molar-refractivity contribution in [2.45, 2.75) is 32.2 Å². The van der Waals surface area contributed by atoms with E-state index >= 15 is 0 Å². The number of carbonyl (C=O) groups is 1. The van der Waals surface area contributed by atoms with Crippen LogP contribution >= 0.6 is 0 Å². The molecule has 5 N–H and O–H groups in total. The van der Waals surface area contributed by atoms with Crippen LogP contribution in [0, 0.1) is 12.7 Å². The number of hydrogen-bond donors (Lipinski definition) is 3. The first-order valence-electron chi connectivity index (χ1n) is 11.3. The summed E-state index contributed by atoms with van der Waals surface area (Å²) >= 11 is 0. The van der Waals surface area contributed by atoms with Crippen molar-refractivity contribution in [2.24, 2.45) is 0 Å². The van der Waals surface area contributed by atoms with Crippen LogP contribution in [-0.4, -0.2) is 77.3 Å². The minimum atomic E-state index is -2.77. The molecule has 0 atom stereocenters. The largest absolute Gasteiger partial charge is 0.387 e. The van der Waals surface area contributed by atoms with Gasteiger partial charge in [-0.05, 0) is 25.5 Å². The zero-order valence-corrected chi connectivity index (χ0v) is 19.8. The fourth-order valence-corrected chi connectivity index (χ4v) is 4.23. The van der Waals surface area contributed by atoms with Crippen molar-refractivity contribution in [2.75, 3.05) is 37.8 Å². The highest BCUT2D eigenvalue weighted by Crippen LogP contribution is 2.32. The maximum Gasteiger partial charge on any atom is 0.265 e. The van der Waals surface area contributed by atoms with E-state index < -0.39 is 37.5 Å². The summed E-state index contributed by atoms with van der Waals surface area (Å²) in [6, 6.07) is 3.33. The first kappa shape index (κ1) is 26.1. The van der Waals surface area contributed by atoms with Crippen molar-refractivity contribution in [3.05, 3.63) is 30.0 Å². The van der Waals surface area contributed by atoms with E-state index in [1.807, 2.05) is 0 Å². The summed E-state index contributed by atoms with van der Waals surface area (Å²) in [5.41, 5.74) is 13.3. The molecule has 1 aliphatic rings. The van der Waals surface area contributed by atoms with Crippen LogP contribution in [0.15, 0.2) is 18.3 Å². The third-order valence-corrected chi connectivity index (χ3v) is 5.86. The number of carbonyl (C=O) groups excluding carboxylic acids is 1. The second-order valence-corrected chi connectivity index (χ2v) is 8.47. The lowest BCUT2D eigenvalue weighted by Gasteiger charge is -2.31. The zero-order valence-electron chi connectivity index (χ0n) is 19.8. The molecular formula is C22H25F4N9O2. The summed E-state index contributed by atoms with van der Waals surface area (Å²) in [5, 5.41) is 12.3. The maximum atomic E-state index is 14.5. The monoisotopic (exact) mass is 523 g/mol. The summed E-state index contributed by atoms with van der Waals surface area (Å²) in [5.74, 6) is -3.34. The minimum absolute atomic E-state index is 0.0433. The number of pyridine rings is 1. The number of aliphatic hydroxyl groups excluding tert-OH is 1. The van der Waals surface area contributed by atoms with Crippen LogP contribution in [0.5, 0.6) is 0 Å². The molecule has 0 saturated carbocycles.